The van der Waals surface area contributed by atoms with Crippen molar-refractivity contribution in [1.82, 2.24) is 29.9 Å². The fourth-order valence-electron chi connectivity index (χ4n) is 3.87. The van der Waals surface area contributed by atoms with Crippen molar-refractivity contribution in [2.45, 2.75) is 0 Å². The van der Waals surface area contributed by atoms with E-state index in [1.165, 1.54) is 0 Å². The number of fused-ring (bicyclic) bond motifs is 9. The first kappa shape index (κ1) is 19.8. The van der Waals surface area contributed by atoms with E-state index >= 15 is 0 Å². The Bertz CT molecular complexity index is 1570. The Hall–Kier alpha value is -4.84. The highest BCUT2D eigenvalue weighted by atomic mass is 14.8. The van der Waals surface area contributed by atoms with Crippen molar-refractivity contribution >= 4 is 57.3 Å². The smallest absolute Gasteiger partial charge is 0.116 e. The average Bonchev–Trinajstić information content (AvgIpc) is 3.66. The van der Waals surface area contributed by atoms with E-state index in [1.54, 1.807) is 6.33 Å². The minimum atomic E-state index is 0.915. The predicted molar refractivity (Wildman–Crippen MR) is 138 cm³/mol. The van der Waals surface area contributed by atoms with E-state index in [2.05, 4.69) is 60.2 Å². The van der Waals surface area contributed by atoms with Crippen molar-refractivity contribution in [3.8, 4) is 0 Å². The Morgan fingerprint density at radius 2 is 1.06 bits per heavy atom. The minimum absolute atomic E-state index is 0.915. The molecule has 34 heavy (non-hydrogen) atoms. The zero-order valence-electron chi connectivity index (χ0n) is 18.2. The zero-order chi connectivity index (χ0) is 22.7. The number of para-hydroxylation sites is 1. The summed E-state index contributed by atoms with van der Waals surface area (Å²) < 4.78 is 0. The summed E-state index contributed by atoms with van der Waals surface area (Å²) in [7, 11) is 0. The van der Waals surface area contributed by atoms with Gasteiger partial charge in [0, 0.05) is 33.6 Å². The first-order valence-corrected chi connectivity index (χ1v) is 11.0. The molecule has 0 fully saturated rings. The van der Waals surface area contributed by atoms with Crippen LogP contribution in [0.1, 0.15) is 22.8 Å². The molecule has 6 nitrogen and oxygen atoms in total. The second kappa shape index (κ2) is 8.60. The summed E-state index contributed by atoms with van der Waals surface area (Å²) in [6.45, 7) is 0. The number of hydrogen-bond donors (Lipinski definition) is 2. The lowest BCUT2D eigenvalue weighted by Gasteiger charge is -1.90. The van der Waals surface area contributed by atoms with Crippen LogP contribution in [0.2, 0.25) is 0 Å². The molecule has 0 saturated carbocycles. The maximum atomic E-state index is 4.62. The van der Waals surface area contributed by atoms with E-state index in [0.717, 1.165) is 55.7 Å². The van der Waals surface area contributed by atoms with Gasteiger partial charge in [-0.3, -0.25) is 0 Å². The van der Waals surface area contributed by atoms with Gasteiger partial charge in [-0.25, -0.2) is 19.9 Å². The number of rotatable bonds is 0. The number of aromatic amines is 2. The van der Waals surface area contributed by atoms with Crippen LogP contribution in [-0.4, -0.2) is 29.9 Å². The molecule has 2 N–H and O–H groups in total. The van der Waals surface area contributed by atoms with Gasteiger partial charge in [0.2, 0.25) is 0 Å². The molecular formula is C28H20N6. The van der Waals surface area contributed by atoms with E-state index in [1.807, 2.05) is 73.0 Å². The molecule has 2 aliphatic rings. The van der Waals surface area contributed by atoms with Gasteiger partial charge in [-0.1, -0.05) is 18.2 Å². The summed E-state index contributed by atoms with van der Waals surface area (Å²) >= 11 is 0. The van der Waals surface area contributed by atoms with E-state index in [0.29, 0.717) is 0 Å². The van der Waals surface area contributed by atoms with Crippen LogP contribution in [-0.2, 0) is 0 Å². The SMILES string of the molecule is C1=Cc2cc3ccc(cc4ccc(cc5nc(cc1n2)C=C5)[nH]4)[nH]3.c1ccc2ncncc2c1. The molecule has 7 rings (SSSR count). The van der Waals surface area contributed by atoms with Crippen molar-refractivity contribution in [3.63, 3.8) is 0 Å². The van der Waals surface area contributed by atoms with E-state index in [9.17, 15) is 0 Å². The van der Waals surface area contributed by atoms with Crippen molar-refractivity contribution in [2.24, 2.45) is 0 Å². The molecule has 5 aromatic rings. The monoisotopic (exact) mass is 440 g/mol. The summed E-state index contributed by atoms with van der Waals surface area (Å²) in [4.78, 5) is 24.0. The van der Waals surface area contributed by atoms with Crippen LogP contribution in [0.5, 0.6) is 0 Å². The summed E-state index contributed by atoms with van der Waals surface area (Å²) in [5, 5.41) is 1.09. The molecule has 0 saturated heterocycles. The van der Waals surface area contributed by atoms with E-state index in [4.69, 9.17) is 0 Å². The highest BCUT2D eigenvalue weighted by Crippen LogP contribution is 2.17. The van der Waals surface area contributed by atoms with Gasteiger partial charge in [0.15, 0.2) is 0 Å². The molecule has 0 aliphatic carbocycles. The number of nitrogens with one attached hydrogen (secondary N) is 2. The van der Waals surface area contributed by atoms with Crippen LogP contribution in [0.25, 0.3) is 57.3 Å². The maximum absolute atomic E-state index is 4.62. The highest BCUT2D eigenvalue weighted by molar-refractivity contribution is 5.78. The second-order valence-corrected chi connectivity index (χ2v) is 7.99. The first-order chi connectivity index (χ1) is 16.8. The maximum Gasteiger partial charge on any atom is 0.116 e. The van der Waals surface area contributed by atoms with Crippen LogP contribution in [0, 0.1) is 0 Å². The van der Waals surface area contributed by atoms with Crippen molar-refractivity contribution in [1.29, 1.82) is 0 Å². The number of benzene rings is 1. The predicted octanol–water partition coefficient (Wildman–Crippen LogP) is 6.29. The molecule has 2 aliphatic heterocycles. The fourth-order valence-corrected chi connectivity index (χ4v) is 3.87. The van der Waals surface area contributed by atoms with Crippen molar-refractivity contribution in [3.05, 3.63) is 108 Å². The third-order valence-electron chi connectivity index (χ3n) is 5.46. The molecule has 1 aromatic carbocycles. The lowest BCUT2D eigenvalue weighted by molar-refractivity contribution is 1.22. The van der Waals surface area contributed by atoms with Crippen molar-refractivity contribution in [2.75, 3.05) is 0 Å². The van der Waals surface area contributed by atoms with Gasteiger partial charge in [-0.2, -0.15) is 0 Å². The standard InChI is InChI=1S/C20H14N4.C8H6N2/c1-2-14-10-16-5-6-18(23-16)12-20-8-7-19(24-20)11-17-4-3-15(22-17)9-13(1)21-14;1-2-4-8-7(3-1)5-9-6-10-8/h1-12,21-22H;1-6H. The lowest BCUT2D eigenvalue weighted by atomic mass is 10.2. The number of aromatic nitrogens is 6. The molecule has 162 valence electrons. The van der Waals surface area contributed by atoms with E-state index < -0.39 is 0 Å². The first-order valence-electron chi connectivity index (χ1n) is 11.0. The summed E-state index contributed by atoms with van der Waals surface area (Å²) in [5.41, 5.74) is 8.86. The normalized spacial score (nSPS) is 11.9. The fraction of sp³-hybridized carbons (Fsp3) is 0. The zero-order valence-corrected chi connectivity index (χ0v) is 18.2. The summed E-state index contributed by atoms with van der Waals surface area (Å²) in [6, 6.07) is 24.3. The average molecular weight is 441 g/mol. The molecule has 6 heteroatoms. The molecule has 0 unspecified atom stereocenters. The van der Waals surface area contributed by atoms with Crippen LogP contribution in [0.3, 0.4) is 0 Å². The van der Waals surface area contributed by atoms with Gasteiger partial charge in [-0.15, -0.1) is 0 Å². The Balaban J connectivity index is 0.000000182. The third kappa shape index (κ3) is 4.38. The Labute approximate surface area is 195 Å². The summed E-state index contributed by atoms with van der Waals surface area (Å²) in [6.07, 6.45) is 11.4. The van der Waals surface area contributed by atoms with Gasteiger partial charge in [0.25, 0.3) is 0 Å². The Morgan fingerprint density at radius 3 is 1.65 bits per heavy atom. The molecule has 0 radical (unpaired) electrons. The van der Waals surface area contributed by atoms with Crippen LogP contribution < -0.4 is 0 Å². The Morgan fingerprint density at radius 1 is 0.529 bits per heavy atom. The minimum Gasteiger partial charge on any atom is -0.355 e. The van der Waals surface area contributed by atoms with Crippen LogP contribution in [0.4, 0.5) is 0 Å². The topological polar surface area (TPSA) is 83.1 Å². The van der Waals surface area contributed by atoms with Crippen molar-refractivity contribution < 1.29 is 0 Å². The quantitative estimate of drug-likeness (QED) is 0.290. The second-order valence-electron chi connectivity index (χ2n) is 7.99. The van der Waals surface area contributed by atoms with E-state index in [-0.39, 0.29) is 0 Å². The van der Waals surface area contributed by atoms with Gasteiger partial charge in [0.1, 0.15) is 6.33 Å². The highest BCUT2D eigenvalue weighted by Gasteiger charge is 2.02. The molecule has 4 aromatic heterocycles. The largest absolute Gasteiger partial charge is 0.355 e. The number of hydrogen-bond acceptors (Lipinski definition) is 4. The molecular weight excluding hydrogens is 420 g/mol. The van der Waals surface area contributed by atoms with Gasteiger partial charge in [-0.05, 0) is 78.9 Å². The lowest BCUT2D eigenvalue weighted by Crippen LogP contribution is -1.77. The van der Waals surface area contributed by atoms with Gasteiger partial charge >= 0.3 is 0 Å². The molecule has 8 bridgehead atoms. The number of H-pyrrole nitrogens is 2. The molecule has 0 amide bonds. The summed E-state index contributed by atoms with van der Waals surface area (Å²) in [5.74, 6) is 0. The molecule has 0 atom stereocenters. The molecule has 6 heterocycles. The molecule has 0 spiro atoms. The van der Waals surface area contributed by atoms with Crippen LogP contribution in [0.15, 0.2) is 85.3 Å². The third-order valence-corrected chi connectivity index (χ3v) is 5.46. The number of nitrogens with zero attached hydrogens (tertiary/aromatic N) is 4. The van der Waals surface area contributed by atoms with Crippen LogP contribution >= 0.6 is 0 Å². The van der Waals surface area contributed by atoms with Gasteiger partial charge < -0.3 is 9.97 Å². The Kier molecular flexibility index (Phi) is 5.01. The van der Waals surface area contributed by atoms with Gasteiger partial charge in [0.05, 0.1) is 28.3 Å².